The maximum Gasteiger partial charge on any atom is 0.244 e. The Labute approximate surface area is 184 Å². The number of nitrogens with zero attached hydrogens (tertiary/aromatic N) is 1. The van der Waals surface area contributed by atoms with Crippen LogP contribution in [0.25, 0.3) is 0 Å². The molecule has 8 heteroatoms. The van der Waals surface area contributed by atoms with Crippen LogP contribution in [-0.4, -0.2) is 37.6 Å². The molecule has 2 aromatic carbocycles. The van der Waals surface area contributed by atoms with Crippen LogP contribution >= 0.6 is 0 Å². The number of sulfonamides is 1. The van der Waals surface area contributed by atoms with Crippen molar-refractivity contribution in [3.63, 3.8) is 0 Å². The summed E-state index contributed by atoms with van der Waals surface area (Å²) in [6.45, 7) is 12.5. The lowest BCUT2D eigenvalue weighted by molar-refractivity contribution is -0.116. The first-order valence-electron chi connectivity index (χ1n) is 10.1. The smallest absolute Gasteiger partial charge is 0.244 e. The fourth-order valence-corrected chi connectivity index (χ4v) is 5.51. The van der Waals surface area contributed by atoms with E-state index in [4.69, 9.17) is 0 Å². The standard InChI is InChI=1S/C23H31N3O4S/c1-8-26(13-22(28)25-21-11-9-20(10-12-21)24-19(7)27)31(29,30)23-17(5)15(3)14(2)16(4)18(23)6/h9-12H,8,13H2,1-7H3,(H,24,27)(H,25,28). The summed E-state index contributed by atoms with van der Waals surface area (Å²) < 4.78 is 28.1. The molecular weight excluding hydrogens is 414 g/mol. The largest absolute Gasteiger partial charge is 0.326 e. The third-order valence-corrected chi connectivity index (χ3v) is 7.89. The van der Waals surface area contributed by atoms with Crippen molar-refractivity contribution in [2.24, 2.45) is 0 Å². The van der Waals surface area contributed by atoms with E-state index in [9.17, 15) is 18.0 Å². The topological polar surface area (TPSA) is 95.6 Å². The Morgan fingerprint density at radius 1 is 0.806 bits per heavy atom. The third kappa shape index (κ3) is 5.32. The van der Waals surface area contributed by atoms with Gasteiger partial charge in [0.25, 0.3) is 0 Å². The fourth-order valence-electron chi connectivity index (χ4n) is 3.55. The van der Waals surface area contributed by atoms with Crippen molar-refractivity contribution in [2.75, 3.05) is 23.7 Å². The van der Waals surface area contributed by atoms with Gasteiger partial charge in [-0.15, -0.1) is 0 Å². The van der Waals surface area contributed by atoms with Gasteiger partial charge in [-0.2, -0.15) is 4.31 Å². The van der Waals surface area contributed by atoms with Crippen LogP contribution in [0.3, 0.4) is 0 Å². The van der Waals surface area contributed by atoms with Crippen LogP contribution < -0.4 is 10.6 Å². The number of likely N-dealkylation sites (N-methyl/N-ethyl adjacent to an activating group) is 1. The van der Waals surface area contributed by atoms with Gasteiger partial charge < -0.3 is 10.6 Å². The number of anilines is 2. The van der Waals surface area contributed by atoms with Gasteiger partial charge in [0.05, 0.1) is 11.4 Å². The maximum atomic E-state index is 13.5. The quantitative estimate of drug-likeness (QED) is 0.677. The molecule has 0 saturated carbocycles. The number of amides is 2. The summed E-state index contributed by atoms with van der Waals surface area (Å²) >= 11 is 0. The second-order valence-electron chi connectivity index (χ2n) is 7.69. The van der Waals surface area contributed by atoms with Crippen LogP contribution in [0, 0.1) is 34.6 Å². The molecule has 7 nitrogen and oxygen atoms in total. The molecule has 0 unspecified atom stereocenters. The van der Waals surface area contributed by atoms with Gasteiger partial charge >= 0.3 is 0 Å². The van der Waals surface area contributed by atoms with Crippen molar-refractivity contribution in [1.29, 1.82) is 0 Å². The van der Waals surface area contributed by atoms with Gasteiger partial charge in [0.2, 0.25) is 21.8 Å². The van der Waals surface area contributed by atoms with E-state index in [1.54, 1.807) is 31.2 Å². The Balaban J connectivity index is 2.26. The van der Waals surface area contributed by atoms with E-state index in [-0.39, 0.29) is 23.9 Å². The Hall–Kier alpha value is -2.71. The van der Waals surface area contributed by atoms with Gasteiger partial charge in [0, 0.05) is 24.8 Å². The highest BCUT2D eigenvalue weighted by Crippen LogP contribution is 2.31. The Kier molecular flexibility index (Phi) is 7.62. The SMILES string of the molecule is CCN(CC(=O)Nc1ccc(NC(C)=O)cc1)S(=O)(=O)c1c(C)c(C)c(C)c(C)c1C. The predicted molar refractivity (Wildman–Crippen MR) is 124 cm³/mol. The van der Waals surface area contributed by atoms with Gasteiger partial charge in [-0.25, -0.2) is 8.42 Å². The molecule has 2 amide bonds. The molecule has 31 heavy (non-hydrogen) atoms. The van der Waals surface area contributed by atoms with Gasteiger partial charge in [-0.3, -0.25) is 9.59 Å². The molecule has 0 fully saturated rings. The van der Waals surface area contributed by atoms with Crippen LogP contribution in [0.15, 0.2) is 29.2 Å². The van der Waals surface area contributed by atoms with Crippen molar-refractivity contribution < 1.29 is 18.0 Å². The Bertz CT molecular complexity index is 1080. The normalized spacial score (nSPS) is 11.5. The van der Waals surface area contributed by atoms with Crippen LogP contribution in [0.1, 0.15) is 41.7 Å². The van der Waals surface area contributed by atoms with Crippen LogP contribution in [-0.2, 0) is 19.6 Å². The molecular formula is C23H31N3O4S. The molecule has 2 aromatic rings. The van der Waals surface area contributed by atoms with Crippen molar-refractivity contribution in [1.82, 2.24) is 4.31 Å². The summed E-state index contributed by atoms with van der Waals surface area (Å²) in [5.74, 6) is -0.624. The summed E-state index contributed by atoms with van der Waals surface area (Å²) in [6.07, 6.45) is 0. The van der Waals surface area contributed by atoms with E-state index in [0.717, 1.165) is 16.7 Å². The molecule has 168 valence electrons. The van der Waals surface area contributed by atoms with E-state index in [1.165, 1.54) is 11.2 Å². The number of hydrogen-bond acceptors (Lipinski definition) is 4. The summed E-state index contributed by atoms with van der Waals surface area (Å²) in [4.78, 5) is 24.0. The number of hydrogen-bond donors (Lipinski definition) is 2. The number of benzene rings is 2. The zero-order valence-electron chi connectivity index (χ0n) is 19.2. The zero-order chi connectivity index (χ0) is 23.5. The number of rotatable bonds is 7. The molecule has 0 aromatic heterocycles. The molecule has 0 aliphatic rings. The van der Waals surface area contributed by atoms with Gasteiger partial charge in [-0.05, 0) is 86.7 Å². The van der Waals surface area contributed by atoms with Crippen LogP contribution in [0.2, 0.25) is 0 Å². The van der Waals surface area contributed by atoms with Crippen LogP contribution in [0.4, 0.5) is 11.4 Å². The van der Waals surface area contributed by atoms with E-state index in [1.807, 2.05) is 34.6 Å². The van der Waals surface area contributed by atoms with E-state index >= 15 is 0 Å². The van der Waals surface area contributed by atoms with E-state index < -0.39 is 15.9 Å². The van der Waals surface area contributed by atoms with E-state index in [2.05, 4.69) is 10.6 Å². The highest BCUT2D eigenvalue weighted by atomic mass is 32.2. The van der Waals surface area contributed by atoms with Crippen molar-refractivity contribution in [3.8, 4) is 0 Å². The first kappa shape index (κ1) is 24.6. The average molecular weight is 446 g/mol. The molecule has 0 radical (unpaired) electrons. The van der Waals surface area contributed by atoms with Gasteiger partial charge in [0.1, 0.15) is 0 Å². The average Bonchev–Trinajstić information content (AvgIpc) is 2.70. The highest BCUT2D eigenvalue weighted by Gasteiger charge is 2.30. The minimum Gasteiger partial charge on any atom is -0.326 e. The Morgan fingerprint density at radius 3 is 1.65 bits per heavy atom. The van der Waals surface area contributed by atoms with Crippen molar-refractivity contribution in [2.45, 2.75) is 53.4 Å². The number of carbonyl (C=O) groups is 2. The monoisotopic (exact) mass is 445 g/mol. The molecule has 2 rings (SSSR count). The maximum absolute atomic E-state index is 13.5. The van der Waals surface area contributed by atoms with E-state index in [0.29, 0.717) is 22.5 Å². The zero-order valence-corrected chi connectivity index (χ0v) is 20.0. The van der Waals surface area contributed by atoms with Crippen molar-refractivity contribution >= 4 is 33.2 Å². The summed E-state index contributed by atoms with van der Waals surface area (Å²) in [5.41, 5.74) is 5.53. The minimum absolute atomic E-state index is 0.169. The lowest BCUT2D eigenvalue weighted by atomic mass is 9.95. The lowest BCUT2D eigenvalue weighted by Crippen LogP contribution is -2.38. The van der Waals surface area contributed by atoms with Crippen molar-refractivity contribution in [3.05, 3.63) is 52.1 Å². The number of nitrogens with one attached hydrogen (secondary N) is 2. The minimum atomic E-state index is -3.86. The predicted octanol–water partition coefficient (Wildman–Crippen LogP) is 3.84. The second kappa shape index (κ2) is 9.62. The third-order valence-electron chi connectivity index (χ3n) is 5.69. The molecule has 0 aliphatic carbocycles. The lowest BCUT2D eigenvalue weighted by Gasteiger charge is -2.25. The second-order valence-corrected chi connectivity index (χ2v) is 9.57. The molecule has 2 N–H and O–H groups in total. The molecule has 0 saturated heterocycles. The Morgan fingerprint density at radius 2 is 1.23 bits per heavy atom. The first-order valence-corrected chi connectivity index (χ1v) is 11.6. The molecule has 0 atom stereocenters. The summed E-state index contributed by atoms with van der Waals surface area (Å²) in [7, 11) is -3.86. The molecule has 0 heterocycles. The van der Waals surface area contributed by atoms with Gasteiger partial charge in [-0.1, -0.05) is 6.92 Å². The summed E-state index contributed by atoms with van der Waals surface area (Å²) in [6, 6.07) is 6.62. The molecule has 0 aliphatic heterocycles. The highest BCUT2D eigenvalue weighted by molar-refractivity contribution is 7.89. The fraction of sp³-hybridized carbons (Fsp3) is 0.391. The van der Waals surface area contributed by atoms with Gasteiger partial charge in [0.15, 0.2) is 0 Å². The first-order chi connectivity index (χ1) is 14.4. The number of carbonyl (C=O) groups excluding carboxylic acids is 2. The molecule has 0 bridgehead atoms. The molecule has 0 spiro atoms. The summed E-state index contributed by atoms with van der Waals surface area (Å²) in [5, 5.41) is 5.36. The van der Waals surface area contributed by atoms with Crippen LogP contribution in [0.5, 0.6) is 0 Å².